The van der Waals surface area contributed by atoms with Crippen molar-refractivity contribution in [1.29, 1.82) is 0 Å². The van der Waals surface area contributed by atoms with E-state index in [1.165, 1.54) is 11.4 Å². The second kappa shape index (κ2) is 3.75. The zero-order valence-corrected chi connectivity index (χ0v) is 9.69. The van der Waals surface area contributed by atoms with Gasteiger partial charge in [-0.2, -0.15) is 0 Å². The molecule has 0 aromatic carbocycles. The summed E-state index contributed by atoms with van der Waals surface area (Å²) in [6, 6.07) is 4.19. The van der Waals surface area contributed by atoms with Crippen molar-refractivity contribution in [3.8, 4) is 5.13 Å². The molecule has 0 atom stereocenters. The van der Waals surface area contributed by atoms with Crippen molar-refractivity contribution in [2.75, 3.05) is 0 Å². The van der Waals surface area contributed by atoms with E-state index in [2.05, 4.69) is 35.5 Å². The molecule has 0 saturated heterocycles. The molecule has 4 heteroatoms. The lowest BCUT2D eigenvalue weighted by molar-refractivity contribution is 0.950. The molecule has 2 aromatic rings. The summed E-state index contributed by atoms with van der Waals surface area (Å²) in [7, 11) is 0. The summed E-state index contributed by atoms with van der Waals surface area (Å²) in [5, 5.41) is 1.00. The Labute approximate surface area is 92.2 Å². The molecule has 0 aliphatic heterocycles. The third-order valence-electron chi connectivity index (χ3n) is 2.14. The molecule has 2 aromatic heterocycles. The largest absolute Gasteiger partial charge is 0.295 e. The molecular weight excluding hydrogens is 216 g/mol. The quantitative estimate of drug-likeness (QED) is 0.719. The van der Waals surface area contributed by atoms with E-state index < -0.39 is 0 Å². The number of alkyl halides is 1. The van der Waals surface area contributed by atoms with Crippen molar-refractivity contribution in [3.05, 3.63) is 34.6 Å². The van der Waals surface area contributed by atoms with E-state index in [4.69, 9.17) is 11.6 Å². The first-order valence-corrected chi connectivity index (χ1v) is 5.73. The smallest absolute Gasteiger partial charge is 0.194 e. The van der Waals surface area contributed by atoms with Crippen LogP contribution < -0.4 is 0 Å². The van der Waals surface area contributed by atoms with Crippen LogP contribution in [0, 0.1) is 13.8 Å². The van der Waals surface area contributed by atoms with Crippen LogP contribution in [0.25, 0.3) is 5.13 Å². The lowest BCUT2D eigenvalue weighted by Crippen LogP contribution is -1.96. The van der Waals surface area contributed by atoms with Gasteiger partial charge in [0.25, 0.3) is 0 Å². The third-order valence-corrected chi connectivity index (χ3v) is 3.56. The predicted octanol–water partition coefficient (Wildman–Crippen LogP) is 3.29. The lowest BCUT2D eigenvalue weighted by atomic mass is 10.5. The van der Waals surface area contributed by atoms with E-state index in [0.717, 1.165) is 10.0 Å². The highest BCUT2D eigenvalue weighted by atomic mass is 35.5. The Morgan fingerprint density at radius 2 is 2.00 bits per heavy atom. The molecule has 0 aliphatic rings. The second-order valence-corrected chi connectivity index (χ2v) is 4.56. The summed E-state index contributed by atoms with van der Waals surface area (Å²) in [6.45, 7) is 4.16. The average molecular weight is 227 g/mol. The fraction of sp³-hybridized carbons (Fsp3) is 0.300. The number of thiazole rings is 1. The van der Waals surface area contributed by atoms with Gasteiger partial charge in [0.15, 0.2) is 5.13 Å². The molecule has 0 fully saturated rings. The van der Waals surface area contributed by atoms with Gasteiger partial charge in [-0.05, 0) is 26.0 Å². The average Bonchev–Trinajstić information content (AvgIpc) is 2.73. The molecule has 2 heterocycles. The summed E-state index contributed by atoms with van der Waals surface area (Å²) in [4.78, 5) is 5.45. The standard InChI is InChI=1S/C10H11ClN2S/c1-7-3-4-8(2)13(7)10-12-6-9(5-11)14-10/h3-4,6H,5H2,1-2H3. The number of hydrogen-bond donors (Lipinski definition) is 0. The molecule has 0 saturated carbocycles. The number of aryl methyl sites for hydroxylation is 2. The van der Waals surface area contributed by atoms with Crippen LogP contribution in [0.3, 0.4) is 0 Å². The fourth-order valence-corrected chi connectivity index (χ4v) is 2.54. The van der Waals surface area contributed by atoms with E-state index in [1.54, 1.807) is 11.3 Å². The first kappa shape index (κ1) is 9.74. The van der Waals surface area contributed by atoms with Gasteiger partial charge in [-0.15, -0.1) is 22.9 Å². The zero-order valence-electron chi connectivity index (χ0n) is 8.12. The summed E-state index contributed by atoms with van der Waals surface area (Å²) in [5.74, 6) is 0.539. The lowest BCUT2D eigenvalue weighted by Gasteiger charge is -2.03. The maximum absolute atomic E-state index is 5.74. The van der Waals surface area contributed by atoms with Gasteiger partial charge in [-0.25, -0.2) is 4.98 Å². The minimum absolute atomic E-state index is 0.539. The van der Waals surface area contributed by atoms with Gasteiger partial charge in [0.1, 0.15) is 0 Å². The van der Waals surface area contributed by atoms with Crippen molar-refractivity contribution in [3.63, 3.8) is 0 Å². The van der Waals surface area contributed by atoms with Gasteiger partial charge in [-0.1, -0.05) is 0 Å². The molecule has 2 rings (SSSR count). The van der Waals surface area contributed by atoms with E-state index >= 15 is 0 Å². The zero-order chi connectivity index (χ0) is 10.1. The Hall–Kier alpha value is -0.800. The van der Waals surface area contributed by atoms with E-state index in [0.29, 0.717) is 5.88 Å². The van der Waals surface area contributed by atoms with Crippen molar-refractivity contribution in [2.24, 2.45) is 0 Å². The normalized spacial score (nSPS) is 10.8. The van der Waals surface area contributed by atoms with Crippen LogP contribution in [-0.4, -0.2) is 9.55 Å². The summed E-state index contributed by atoms with van der Waals surface area (Å²) in [5.41, 5.74) is 2.41. The highest BCUT2D eigenvalue weighted by Gasteiger charge is 2.07. The molecule has 0 aliphatic carbocycles. The topological polar surface area (TPSA) is 17.8 Å². The molecular formula is C10H11ClN2S. The predicted molar refractivity (Wildman–Crippen MR) is 60.5 cm³/mol. The molecule has 14 heavy (non-hydrogen) atoms. The number of hydrogen-bond acceptors (Lipinski definition) is 2. The maximum atomic E-state index is 5.74. The van der Waals surface area contributed by atoms with Gasteiger partial charge >= 0.3 is 0 Å². The van der Waals surface area contributed by atoms with E-state index in [-0.39, 0.29) is 0 Å². The maximum Gasteiger partial charge on any atom is 0.194 e. The van der Waals surface area contributed by atoms with Gasteiger partial charge in [-0.3, -0.25) is 4.57 Å². The van der Waals surface area contributed by atoms with Crippen LogP contribution >= 0.6 is 22.9 Å². The van der Waals surface area contributed by atoms with Crippen molar-refractivity contribution >= 4 is 22.9 Å². The first-order valence-electron chi connectivity index (χ1n) is 4.38. The second-order valence-electron chi connectivity index (χ2n) is 3.19. The van der Waals surface area contributed by atoms with Crippen molar-refractivity contribution < 1.29 is 0 Å². The third kappa shape index (κ3) is 1.57. The molecule has 0 amide bonds. The number of rotatable bonds is 2. The highest BCUT2D eigenvalue weighted by molar-refractivity contribution is 7.14. The summed E-state index contributed by atoms with van der Waals surface area (Å²) < 4.78 is 2.14. The minimum Gasteiger partial charge on any atom is -0.295 e. The Kier molecular flexibility index (Phi) is 2.61. The molecule has 0 radical (unpaired) electrons. The van der Waals surface area contributed by atoms with E-state index in [1.807, 2.05) is 6.20 Å². The fourth-order valence-electron chi connectivity index (χ4n) is 1.43. The molecule has 0 spiro atoms. The number of nitrogens with zero attached hydrogens (tertiary/aromatic N) is 2. The summed E-state index contributed by atoms with van der Waals surface area (Å²) in [6.07, 6.45) is 1.84. The Balaban J connectivity index is 2.48. The molecule has 2 nitrogen and oxygen atoms in total. The summed E-state index contributed by atoms with van der Waals surface area (Å²) >= 11 is 7.38. The Morgan fingerprint density at radius 3 is 2.50 bits per heavy atom. The molecule has 0 N–H and O–H groups in total. The number of aromatic nitrogens is 2. The number of halogens is 1. The SMILES string of the molecule is Cc1ccc(C)n1-c1ncc(CCl)s1. The molecule has 0 unspecified atom stereocenters. The Morgan fingerprint density at radius 1 is 1.36 bits per heavy atom. The minimum atomic E-state index is 0.539. The van der Waals surface area contributed by atoms with Gasteiger partial charge in [0.05, 0.1) is 5.88 Å². The molecule has 0 bridgehead atoms. The van der Waals surface area contributed by atoms with Crippen molar-refractivity contribution in [2.45, 2.75) is 19.7 Å². The molecule has 74 valence electrons. The highest BCUT2D eigenvalue weighted by Crippen LogP contribution is 2.22. The van der Waals surface area contributed by atoms with Crippen LogP contribution in [-0.2, 0) is 5.88 Å². The monoisotopic (exact) mass is 226 g/mol. The van der Waals surface area contributed by atoms with Crippen LogP contribution in [0.15, 0.2) is 18.3 Å². The first-order chi connectivity index (χ1) is 6.72. The van der Waals surface area contributed by atoms with Gasteiger partial charge in [0.2, 0.25) is 0 Å². The van der Waals surface area contributed by atoms with E-state index in [9.17, 15) is 0 Å². The van der Waals surface area contributed by atoms with Crippen LogP contribution in [0.5, 0.6) is 0 Å². The van der Waals surface area contributed by atoms with Gasteiger partial charge < -0.3 is 0 Å². The van der Waals surface area contributed by atoms with Crippen LogP contribution in [0.1, 0.15) is 16.3 Å². The van der Waals surface area contributed by atoms with Crippen LogP contribution in [0.4, 0.5) is 0 Å². The Bertz CT molecular complexity index is 425. The van der Waals surface area contributed by atoms with Crippen LogP contribution in [0.2, 0.25) is 0 Å². The van der Waals surface area contributed by atoms with Gasteiger partial charge in [0, 0.05) is 22.5 Å². The van der Waals surface area contributed by atoms with Crippen molar-refractivity contribution in [1.82, 2.24) is 9.55 Å².